The van der Waals surface area contributed by atoms with Gasteiger partial charge in [-0.1, -0.05) is 12.1 Å². The molecule has 1 amide bonds. The summed E-state index contributed by atoms with van der Waals surface area (Å²) in [7, 11) is 0. The van der Waals surface area contributed by atoms with Crippen LogP contribution < -0.4 is 16.4 Å². The van der Waals surface area contributed by atoms with Crippen LogP contribution in [0.15, 0.2) is 24.3 Å². The van der Waals surface area contributed by atoms with Crippen molar-refractivity contribution in [3.05, 3.63) is 24.3 Å². The van der Waals surface area contributed by atoms with Gasteiger partial charge in [-0.3, -0.25) is 0 Å². The van der Waals surface area contributed by atoms with Crippen LogP contribution in [0.3, 0.4) is 0 Å². The van der Waals surface area contributed by atoms with E-state index in [0.29, 0.717) is 5.92 Å². The average Bonchev–Trinajstić information content (AvgIpc) is 2.46. The highest BCUT2D eigenvalue weighted by atomic mass is 16.6. The van der Waals surface area contributed by atoms with Crippen molar-refractivity contribution in [1.29, 1.82) is 0 Å². The highest BCUT2D eigenvalue weighted by Gasteiger charge is 2.24. The molecule has 1 aliphatic carbocycles. The minimum absolute atomic E-state index is 0.225. The summed E-state index contributed by atoms with van der Waals surface area (Å²) in [6.45, 7) is 6.56. The van der Waals surface area contributed by atoms with Gasteiger partial charge in [-0.25, -0.2) is 4.79 Å². The summed E-state index contributed by atoms with van der Waals surface area (Å²) < 4.78 is 5.31. The molecule has 1 fully saturated rings. The maximum absolute atomic E-state index is 11.8. The molecule has 0 saturated heterocycles. The van der Waals surface area contributed by atoms with Gasteiger partial charge in [0.1, 0.15) is 5.60 Å². The summed E-state index contributed by atoms with van der Waals surface area (Å²) >= 11 is 0. The van der Waals surface area contributed by atoms with Crippen LogP contribution in [0.25, 0.3) is 0 Å². The summed E-state index contributed by atoms with van der Waals surface area (Å²) in [5.41, 5.74) is 7.28. The SMILES string of the molecule is CC(C)(C)OC(=O)NC1CCC(CNc2ccccc2N)CC1. The van der Waals surface area contributed by atoms with E-state index < -0.39 is 5.60 Å². The van der Waals surface area contributed by atoms with Crippen molar-refractivity contribution in [3.63, 3.8) is 0 Å². The predicted molar refractivity (Wildman–Crippen MR) is 94.5 cm³/mol. The Labute approximate surface area is 139 Å². The van der Waals surface area contributed by atoms with E-state index in [1.165, 1.54) is 0 Å². The normalized spacial score (nSPS) is 21.5. The number of carbonyl (C=O) groups is 1. The number of ether oxygens (including phenoxy) is 1. The third kappa shape index (κ3) is 6.00. The molecule has 0 bridgehead atoms. The second-order valence-corrected chi connectivity index (χ2v) is 7.33. The monoisotopic (exact) mass is 319 g/mol. The Morgan fingerprint density at radius 1 is 1.22 bits per heavy atom. The molecule has 1 aliphatic rings. The molecule has 0 aliphatic heterocycles. The molecule has 0 atom stereocenters. The van der Waals surface area contributed by atoms with E-state index in [4.69, 9.17) is 10.5 Å². The zero-order valence-corrected chi connectivity index (χ0v) is 14.4. The van der Waals surface area contributed by atoms with Gasteiger partial charge >= 0.3 is 6.09 Å². The van der Waals surface area contributed by atoms with Crippen LogP contribution >= 0.6 is 0 Å². The standard InChI is InChI=1S/C18H29N3O2/c1-18(2,3)23-17(22)21-14-10-8-13(9-11-14)12-20-16-7-5-4-6-15(16)19/h4-7,13-14,20H,8-12,19H2,1-3H3,(H,21,22). The number of amides is 1. The van der Waals surface area contributed by atoms with Crippen molar-refractivity contribution < 1.29 is 9.53 Å². The van der Waals surface area contributed by atoms with E-state index in [1.807, 2.05) is 45.0 Å². The molecule has 1 aromatic rings. The van der Waals surface area contributed by atoms with Crippen LogP contribution in [0.4, 0.5) is 16.2 Å². The lowest BCUT2D eigenvalue weighted by Crippen LogP contribution is -2.41. The highest BCUT2D eigenvalue weighted by molar-refractivity contribution is 5.68. The van der Waals surface area contributed by atoms with Crippen molar-refractivity contribution in [2.24, 2.45) is 5.92 Å². The van der Waals surface area contributed by atoms with Crippen LogP contribution in [-0.4, -0.2) is 24.3 Å². The molecule has 0 aromatic heterocycles. The molecule has 2 rings (SSSR count). The third-order valence-electron chi connectivity index (χ3n) is 4.11. The topological polar surface area (TPSA) is 76.4 Å². The van der Waals surface area contributed by atoms with Crippen molar-refractivity contribution in [3.8, 4) is 0 Å². The Hall–Kier alpha value is -1.91. The van der Waals surface area contributed by atoms with Crippen LogP contribution in [-0.2, 0) is 4.74 Å². The molecule has 0 unspecified atom stereocenters. The Balaban J connectivity index is 1.70. The number of nitrogen functional groups attached to an aromatic ring is 1. The van der Waals surface area contributed by atoms with Gasteiger partial charge in [0.25, 0.3) is 0 Å². The molecule has 1 aromatic carbocycles. The molecule has 128 valence electrons. The second-order valence-electron chi connectivity index (χ2n) is 7.33. The summed E-state index contributed by atoms with van der Waals surface area (Å²) in [4.78, 5) is 11.8. The Kier molecular flexibility index (Phi) is 5.74. The van der Waals surface area contributed by atoms with Crippen molar-refractivity contribution in [2.45, 2.75) is 58.1 Å². The van der Waals surface area contributed by atoms with Crippen LogP contribution in [0.2, 0.25) is 0 Å². The number of nitrogens with two attached hydrogens (primary N) is 1. The highest BCUT2D eigenvalue weighted by Crippen LogP contribution is 2.26. The molecule has 0 spiro atoms. The molecule has 5 heteroatoms. The van der Waals surface area contributed by atoms with E-state index in [2.05, 4.69) is 10.6 Å². The molecule has 23 heavy (non-hydrogen) atoms. The molecular weight excluding hydrogens is 290 g/mol. The largest absolute Gasteiger partial charge is 0.444 e. The van der Waals surface area contributed by atoms with E-state index in [9.17, 15) is 4.79 Å². The molecule has 5 nitrogen and oxygen atoms in total. The van der Waals surface area contributed by atoms with Gasteiger partial charge in [0.15, 0.2) is 0 Å². The third-order valence-corrected chi connectivity index (χ3v) is 4.11. The van der Waals surface area contributed by atoms with Crippen molar-refractivity contribution in [1.82, 2.24) is 5.32 Å². The lowest BCUT2D eigenvalue weighted by Gasteiger charge is -2.30. The first-order chi connectivity index (χ1) is 10.8. The van der Waals surface area contributed by atoms with Crippen molar-refractivity contribution in [2.75, 3.05) is 17.6 Å². The fourth-order valence-electron chi connectivity index (χ4n) is 2.90. The first-order valence-corrected chi connectivity index (χ1v) is 8.41. The number of benzene rings is 1. The summed E-state index contributed by atoms with van der Waals surface area (Å²) in [6, 6.07) is 8.06. The molecule has 1 saturated carbocycles. The zero-order valence-electron chi connectivity index (χ0n) is 14.4. The van der Waals surface area contributed by atoms with Gasteiger partial charge in [-0.15, -0.1) is 0 Å². The lowest BCUT2D eigenvalue weighted by atomic mass is 9.86. The minimum atomic E-state index is -0.444. The quantitative estimate of drug-likeness (QED) is 0.738. The molecule has 0 radical (unpaired) electrons. The fourth-order valence-corrected chi connectivity index (χ4v) is 2.90. The van der Waals surface area contributed by atoms with Crippen LogP contribution in [0.1, 0.15) is 46.5 Å². The Morgan fingerprint density at radius 2 is 1.87 bits per heavy atom. The number of alkyl carbamates (subject to hydrolysis) is 1. The number of hydrogen-bond donors (Lipinski definition) is 3. The first kappa shape index (κ1) is 17.4. The number of hydrogen-bond acceptors (Lipinski definition) is 4. The first-order valence-electron chi connectivity index (χ1n) is 8.41. The van der Waals surface area contributed by atoms with E-state index in [0.717, 1.165) is 43.6 Å². The van der Waals surface area contributed by atoms with Gasteiger partial charge in [0, 0.05) is 12.6 Å². The number of anilines is 2. The number of para-hydroxylation sites is 2. The van der Waals surface area contributed by atoms with E-state index >= 15 is 0 Å². The summed E-state index contributed by atoms with van der Waals surface area (Å²) in [5, 5.41) is 6.41. The molecule has 0 heterocycles. The summed E-state index contributed by atoms with van der Waals surface area (Å²) in [5.74, 6) is 0.617. The second kappa shape index (κ2) is 7.57. The Bertz CT molecular complexity index is 517. The predicted octanol–water partition coefficient (Wildman–Crippen LogP) is 3.76. The average molecular weight is 319 g/mol. The number of carbonyl (C=O) groups excluding carboxylic acids is 1. The minimum Gasteiger partial charge on any atom is -0.444 e. The zero-order chi connectivity index (χ0) is 16.9. The summed E-state index contributed by atoms with van der Waals surface area (Å²) in [6.07, 6.45) is 3.88. The van der Waals surface area contributed by atoms with Gasteiger partial charge in [0.2, 0.25) is 0 Å². The van der Waals surface area contributed by atoms with Crippen molar-refractivity contribution >= 4 is 17.5 Å². The van der Waals surface area contributed by atoms with Gasteiger partial charge in [-0.2, -0.15) is 0 Å². The smallest absolute Gasteiger partial charge is 0.407 e. The van der Waals surface area contributed by atoms with Crippen LogP contribution in [0, 0.1) is 5.92 Å². The van der Waals surface area contributed by atoms with Gasteiger partial charge in [-0.05, 0) is 64.5 Å². The maximum Gasteiger partial charge on any atom is 0.407 e. The van der Waals surface area contributed by atoms with Gasteiger partial charge in [0.05, 0.1) is 11.4 Å². The lowest BCUT2D eigenvalue weighted by molar-refractivity contribution is 0.0488. The fraction of sp³-hybridized carbons (Fsp3) is 0.611. The maximum atomic E-state index is 11.8. The molecule has 4 N–H and O–H groups in total. The van der Waals surface area contributed by atoms with E-state index in [-0.39, 0.29) is 12.1 Å². The number of rotatable bonds is 4. The molecular formula is C18H29N3O2. The Morgan fingerprint density at radius 3 is 2.48 bits per heavy atom. The van der Waals surface area contributed by atoms with Gasteiger partial charge < -0.3 is 21.1 Å². The number of nitrogens with one attached hydrogen (secondary N) is 2. The van der Waals surface area contributed by atoms with E-state index in [1.54, 1.807) is 0 Å². The van der Waals surface area contributed by atoms with Crippen LogP contribution in [0.5, 0.6) is 0 Å².